The van der Waals surface area contributed by atoms with Crippen molar-refractivity contribution in [3.05, 3.63) is 23.5 Å². The molecule has 0 aromatic carbocycles. The molecule has 0 bridgehead atoms. The Labute approximate surface area is 84.5 Å². The average Bonchev–Trinajstić information content (AvgIpc) is 2.71. The van der Waals surface area contributed by atoms with Crippen molar-refractivity contribution in [2.45, 2.75) is 19.3 Å². The topological polar surface area (TPSA) is 34.1 Å². The van der Waals surface area contributed by atoms with Gasteiger partial charge in [0.15, 0.2) is 0 Å². The van der Waals surface area contributed by atoms with E-state index < -0.39 is 0 Å². The van der Waals surface area contributed by atoms with Gasteiger partial charge in [-0.15, -0.1) is 0 Å². The number of nitrogens with zero attached hydrogens (tertiary/aromatic N) is 1. The molecule has 1 aromatic rings. The predicted octanol–water partition coefficient (Wildman–Crippen LogP) is 1.48. The van der Waals surface area contributed by atoms with Crippen molar-refractivity contribution < 1.29 is 4.74 Å². The Hall–Kier alpha value is -1.09. The summed E-state index contributed by atoms with van der Waals surface area (Å²) < 4.78 is 5.28. The quantitative estimate of drug-likeness (QED) is 0.770. The van der Waals surface area contributed by atoms with Crippen molar-refractivity contribution in [2.24, 2.45) is 0 Å². The SMILES string of the molecule is COc1ccnc(C2CCNC2)c1C. The fourth-order valence-corrected chi connectivity index (χ4v) is 2.05. The minimum Gasteiger partial charge on any atom is -0.496 e. The molecule has 2 rings (SSSR count). The Morgan fingerprint density at radius 1 is 1.57 bits per heavy atom. The maximum Gasteiger partial charge on any atom is 0.125 e. The molecule has 0 radical (unpaired) electrons. The molecule has 76 valence electrons. The molecule has 1 N–H and O–H groups in total. The molecular formula is C11H16N2O. The van der Waals surface area contributed by atoms with Crippen molar-refractivity contribution in [1.29, 1.82) is 0 Å². The number of hydrogen-bond donors (Lipinski definition) is 1. The van der Waals surface area contributed by atoms with Crippen molar-refractivity contribution in [1.82, 2.24) is 10.3 Å². The molecule has 1 saturated heterocycles. The summed E-state index contributed by atoms with van der Waals surface area (Å²) >= 11 is 0. The molecule has 1 atom stereocenters. The van der Waals surface area contributed by atoms with E-state index in [-0.39, 0.29) is 0 Å². The van der Waals surface area contributed by atoms with Crippen molar-refractivity contribution in [3.63, 3.8) is 0 Å². The Balaban J connectivity index is 2.32. The number of aromatic nitrogens is 1. The van der Waals surface area contributed by atoms with Gasteiger partial charge in [0.2, 0.25) is 0 Å². The Morgan fingerprint density at radius 2 is 2.43 bits per heavy atom. The molecule has 0 saturated carbocycles. The van der Waals surface area contributed by atoms with E-state index in [9.17, 15) is 0 Å². The third-order valence-corrected chi connectivity index (χ3v) is 2.86. The van der Waals surface area contributed by atoms with Gasteiger partial charge in [-0.05, 0) is 26.0 Å². The Bertz CT molecular complexity index is 319. The van der Waals surface area contributed by atoms with Crippen molar-refractivity contribution >= 4 is 0 Å². The summed E-state index contributed by atoms with van der Waals surface area (Å²) in [5.74, 6) is 1.51. The smallest absolute Gasteiger partial charge is 0.125 e. The Morgan fingerprint density at radius 3 is 3.07 bits per heavy atom. The van der Waals surface area contributed by atoms with Gasteiger partial charge in [0.1, 0.15) is 5.75 Å². The lowest BCUT2D eigenvalue weighted by atomic mass is 9.99. The van der Waals surface area contributed by atoms with E-state index >= 15 is 0 Å². The average molecular weight is 192 g/mol. The van der Waals surface area contributed by atoms with Gasteiger partial charge in [-0.25, -0.2) is 0 Å². The molecule has 0 spiro atoms. The predicted molar refractivity (Wildman–Crippen MR) is 55.8 cm³/mol. The fourth-order valence-electron chi connectivity index (χ4n) is 2.05. The zero-order valence-corrected chi connectivity index (χ0v) is 8.71. The highest BCUT2D eigenvalue weighted by Crippen LogP contribution is 2.28. The molecule has 3 nitrogen and oxygen atoms in total. The molecule has 2 heterocycles. The second-order valence-electron chi connectivity index (χ2n) is 3.71. The highest BCUT2D eigenvalue weighted by atomic mass is 16.5. The standard InChI is InChI=1S/C11H16N2O/c1-8-10(14-2)4-6-13-11(8)9-3-5-12-7-9/h4,6,9,12H,3,5,7H2,1-2H3. The summed E-state index contributed by atoms with van der Waals surface area (Å²) in [6.07, 6.45) is 3.01. The number of nitrogens with one attached hydrogen (secondary N) is 1. The molecule has 0 aliphatic carbocycles. The second-order valence-corrected chi connectivity index (χ2v) is 3.71. The zero-order chi connectivity index (χ0) is 9.97. The molecular weight excluding hydrogens is 176 g/mol. The first-order valence-corrected chi connectivity index (χ1v) is 5.03. The maximum absolute atomic E-state index is 5.28. The highest BCUT2D eigenvalue weighted by molar-refractivity contribution is 5.36. The number of hydrogen-bond acceptors (Lipinski definition) is 3. The van der Waals surface area contributed by atoms with Gasteiger partial charge in [-0.2, -0.15) is 0 Å². The molecule has 1 unspecified atom stereocenters. The van der Waals surface area contributed by atoms with Crippen molar-refractivity contribution in [2.75, 3.05) is 20.2 Å². The summed E-state index contributed by atoms with van der Waals surface area (Å²) in [6, 6.07) is 1.92. The van der Waals surface area contributed by atoms with Gasteiger partial charge in [-0.1, -0.05) is 0 Å². The number of pyridine rings is 1. The molecule has 0 amide bonds. The lowest BCUT2D eigenvalue weighted by Gasteiger charge is -2.13. The van der Waals surface area contributed by atoms with Crippen LogP contribution in [0.5, 0.6) is 5.75 Å². The fraction of sp³-hybridized carbons (Fsp3) is 0.545. The van der Waals surface area contributed by atoms with Crippen LogP contribution in [0.3, 0.4) is 0 Å². The molecule has 1 aliphatic rings. The van der Waals surface area contributed by atoms with Crippen LogP contribution in [0.2, 0.25) is 0 Å². The summed E-state index contributed by atoms with van der Waals surface area (Å²) in [5, 5.41) is 3.35. The molecule has 1 fully saturated rings. The van der Waals surface area contributed by atoms with Crippen LogP contribution < -0.4 is 10.1 Å². The zero-order valence-electron chi connectivity index (χ0n) is 8.71. The van der Waals surface area contributed by atoms with E-state index in [4.69, 9.17) is 4.74 Å². The number of ether oxygens (including phenoxy) is 1. The van der Waals surface area contributed by atoms with Gasteiger partial charge in [-0.3, -0.25) is 4.98 Å². The number of rotatable bonds is 2. The largest absolute Gasteiger partial charge is 0.496 e. The summed E-state index contributed by atoms with van der Waals surface area (Å²) in [6.45, 7) is 4.23. The van der Waals surface area contributed by atoms with E-state index in [0.717, 1.165) is 18.8 Å². The first-order chi connectivity index (χ1) is 6.83. The lowest BCUT2D eigenvalue weighted by molar-refractivity contribution is 0.409. The van der Waals surface area contributed by atoms with Crippen LogP contribution >= 0.6 is 0 Å². The highest BCUT2D eigenvalue weighted by Gasteiger charge is 2.20. The summed E-state index contributed by atoms with van der Waals surface area (Å²) in [7, 11) is 1.71. The van der Waals surface area contributed by atoms with Gasteiger partial charge in [0, 0.05) is 24.2 Å². The van der Waals surface area contributed by atoms with E-state index in [1.165, 1.54) is 17.7 Å². The minimum absolute atomic E-state index is 0.560. The van der Waals surface area contributed by atoms with Crippen LogP contribution in [0.4, 0.5) is 0 Å². The second kappa shape index (κ2) is 3.96. The van der Waals surface area contributed by atoms with E-state index in [2.05, 4.69) is 17.2 Å². The van der Waals surface area contributed by atoms with Crippen LogP contribution in [-0.4, -0.2) is 25.2 Å². The van der Waals surface area contributed by atoms with E-state index in [1.807, 2.05) is 12.3 Å². The lowest BCUT2D eigenvalue weighted by Crippen LogP contribution is -2.10. The first-order valence-electron chi connectivity index (χ1n) is 5.03. The van der Waals surface area contributed by atoms with Gasteiger partial charge < -0.3 is 10.1 Å². The molecule has 14 heavy (non-hydrogen) atoms. The molecule has 1 aromatic heterocycles. The Kier molecular flexibility index (Phi) is 2.68. The van der Waals surface area contributed by atoms with Gasteiger partial charge >= 0.3 is 0 Å². The van der Waals surface area contributed by atoms with Gasteiger partial charge in [0.05, 0.1) is 12.8 Å². The van der Waals surface area contributed by atoms with Crippen LogP contribution in [0.15, 0.2) is 12.3 Å². The summed E-state index contributed by atoms with van der Waals surface area (Å²) in [4.78, 5) is 4.45. The third kappa shape index (κ3) is 1.60. The number of methoxy groups -OCH3 is 1. The van der Waals surface area contributed by atoms with Gasteiger partial charge in [0.25, 0.3) is 0 Å². The summed E-state index contributed by atoms with van der Waals surface area (Å²) in [5.41, 5.74) is 2.37. The first kappa shape index (κ1) is 9.46. The van der Waals surface area contributed by atoms with Crippen LogP contribution in [0.25, 0.3) is 0 Å². The third-order valence-electron chi connectivity index (χ3n) is 2.86. The normalized spacial score (nSPS) is 21.1. The van der Waals surface area contributed by atoms with Crippen molar-refractivity contribution in [3.8, 4) is 5.75 Å². The minimum atomic E-state index is 0.560. The van der Waals surface area contributed by atoms with Crippen LogP contribution in [0, 0.1) is 6.92 Å². The molecule has 3 heteroatoms. The monoisotopic (exact) mass is 192 g/mol. The van der Waals surface area contributed by atoms with Crippen LogP contribution in [0.1, 0.15) is 23.6 Å². The maximum atomic E-state index is 5.28. The van der Waals surface area contributed by atoms with Crippen LogP contribution in [-0.2, 0) is 0 Å². The molecule has 1 aliphatic heterocycles. The van der Waals surface area contributed by atoms with E-state index in [1.54, 1.807) is 7.11 Å². The van der Waals surface area contributed by atoms with E-state index in [0.29, 0.717) is 5.92 Å².